The van der Waals surface area contributed by atoms with E-state index in [1.165, 1.54) is 23.9 Å². The van der Waals surface area contributed by atoms with E-state index in [0.717, 1.165) is 15.6 Å². The Kier molecular flexibility index (Phi) is 6.11. The van der Waals surface area contributed by atoms with E-state index in [2.05, 4.69) is 26.2 Å². The van der Waals surface area contributed by atoms with Gasteiger partial charge < -0.3 is 9.73 Å². The molecular formula is C19H16BrFN2O2S. The minimum Gasteiger partial charge on any atom is -0.431 e. The van der Waals surface area contributed by atoms with E-state index in [1.807, 2.05) is 24.3 Å². The summed E-state index contributed by atoms with van der Waals surface area (Å²) >= 11 is 4.67. The van der Waals surface area contributed by atoms with Crippen molar-refractivity contribution in [2.75, 3.05) is 0 Å². The van der Waals surface area contributed by atoms with Crippen molar-refractivity contribution >= 4 is 33.6 Å². The number of rotatable bonds is 6. The number of nitrogens with one attached hydrogen (secondary N) is 1. The van der Waals surface area contributed by atoms with E-state index in [-0.39, 0.29) is 17.0 Å². The van der Waals surface area contributed by atoms with Crippen LogP contribution in [-0.4, -0.2) is 16.1 Å². The highest BCUT2D eigenvalue weighted by Crippen LogP contribution is 2.29. The van der Waals surface area contributed by atoms with Crippen LogP contribution in [0, 0.1) is 5.82 Å². The molecule has 0 spiro atoms. The summed E-state index contributed by atoms with van der Waals surface area (Å²) in [5, 5.41) is 2.89. The Bertz CT molecular complexity index is 899. The molecule has 0 saturated carbocycles. The van der Waals surface area contributed by atoms with Crippen molar-refractivity contribution in [3.05, 3.63) is 70.6 Å². The third-order valence-corrected chi connectivity index (χ3v) is 5.07. The summed E-state index contributed by atoms with van der Waals surface area (Å²) in [6.07, 6.45) is 1.65. The molecule has 3 aromatic rings. The largest absolute Gasteiger partial charge is 0.431 e. The topological polar surface area (TPSA) is 55.1 Å². The van der Waals surface area contributed by atoms with Crippen LogP contribution in [0.4, 0.5) is 4.39 Å². The van der Waals surface area contributed by atoms with E-state index in [9.17, 15) is 9.18 Å². The molecule has 0 aliphatic rings. The Labute approximate surface area is 163 Å². The van der Waals surface area contributed by atoms with E-state index in [1.54, 1.807) is 25.3 Å². The molecule has 4 nitrogen and oxygen atoms in total. The second kappa shape index (κ2) is 8.51. The number of carbonyl (C=O) groups is 1. The van der Waals surface area contributed by atoms with Crippen LogP contribution in [0.2, 0.25) is 0 Å². The lowest BCUT2D eigenvalue weighted by Gasteiger charge is -2.10. The first-order valence-electron chi connectivity index (χ1n) is 7.92. The van der Waals surface area contributed by atoms with Crippen LogP contribution in [0.1, 0.15) is 12.5 Å². The van der Waals surface area contributed by atoms with Crippen LogP contribution >= 0.6 is 27.7 Å². The van der Waals surface area contributed by atoms with Gasteiger partial charge in [0.25, 0.3) is 5.22 Å². The third kappa shape index (κ3) is 4.95. The first-order valence-corrected chi connectivity index (χ1v) is 9.59. The van der Waals surface area contributed by atoms with Gasteiger partial charge in [-0.15, -0.1) is 0 Å². The summed E-state index contributed by atoms with van der Waals surface area (Å²) in [6, 6.07) is 13.7. The predicted molar refractivity (Wildman–Crippen MR) is 103 cm³/mol. The highest BCUT2D eigenvalue weighted by molar-refractivity contribution is 9.10. The molecule has 0 saturated heterocycles. The third-order valence-electron chi connectivity index (χ3n) is 3.62. The Morgan fingerprint density at radius 2 is 2.08 bits per heavy atom. The van der Waals surface area contributed by atoms with Gasteiger partial charge in [0.1, 0.15) is 5.82 Å². The lowest BCUT2D eigenvalue weighted by Crippen LogP contribution is -2.30. The normalized spacial score (nSPS) is 12.0. The van der Waals surface area contributed by atoms with E-state index in [4.69, 9.17) is 4.42 Å². The number of thioether (sulfide) groups is 1. The average molecular weight is 435 g/mol. The first kappa shape index (κ1) is 18.7. The minimum absolute atomic E-state index is 0.137. The van der Waals surface area contributed by atoms with Crippen molar-refractivity contribution in [2.24, 2.45) is 0 Å². The van der Waals surface area contributed by atoms with Crippen molar-refractivity contribution in [3.8, 4) is 11.3 Å². The van der Waals surface area contributed by atoms with Crippen LogP contribution in [0.25, 0.3) is 11.3 Å². The molecule has 0 fully saturated rings. The number of amides is 1. The smallest absolute Gasteiger partial charge is 0.256 e. The summed E-state index contributed by atoms with van der Waals surface area (Å²) in [6.45, 7) is 2.13. The van der Waals surface area contributed by atoms with E-state index in [0.29, 0.717) is 17.5 Å². The fourth-order valence-electron chi connectivity index (χ4n) is 2.23. The zero-order valence-electron chi connectivity index (χ0n) is 13.9. The maximum absolute atomic E-state index is 12.9. The second-order valence-corrected chi connectivity index (χ2v) is 7.81. The van der Waals surface area contributed by atoms with Gasteiger partial charge >= 0.3 is 0 Å². The van der Waals surface area contributed by atoms with E-state index < -0.39 is 0 Å². The fourth-order valence-corrected chi connectivity index (χ4v) is 3.37. The van der Waals surface area contributed by atoms with Crippen LogP contribution in [-0.2, 0) is 11.3 Å². The number of halogens is 2. The summed E-state index contributed by atoms with van der Waals surface area (Å²) < 4.78 is 19.6. The molecule has 0 aliphatic heterocycles. The zero-order valence-corrected chi connectivity index (χ0v) is 16.3. The SMILES string of the molecule is C[C@H](Sc1ncc(-c2cccc(Br)c2)o1)C(=O)NCc1ccc(F)cc1. The monoisotopic (exact) mass is 434 g/mol. The highest BCUT2D eigenvalue weighted by Gasteiger charge is 2.17. The fraction of sp³-hybridized carbons (Fsp3) is 0.158. The highest BCUT2D eigenvalue weighted by atomic mass is 79.9. The first-order chi connectivity index (χ1) is 12.5. The van der Waals surface area contributed by atoms with Crippen LogP contribution in [0.15, 0.2) is 68.8 Å². The van der Waals surface area contributed by atoms with Crippen molar-refractivity contribution in [1.82, 2.24) is 10.3 Å². The molecule has 1 N–H and O–H groups in total. The number of nitrogens with zero attached hydrogens (tertiary/aromatic N) is 1. The van der Waals surface area contributed by atoms with Crippen molar-refractivity contribution in [3.63, 3.8) is 0 Å². The standard InChI is InChI=1S/C19H16BrFN2O2S/c1-12(18(24)22-10-13-5-7-16(21)8-6-13)26-19-23-11-17(25-19)14-3-2-4-15(20)9-14/h2-9,11-12H,10H2,1H3,(H,22,24)/t12-/m0/s1. The molecule has 0 aliphatic carbocycles. The molecular weight excluding hydrogens is 419 g/mol. The molecule has 1 atom stereocenters. The van der Waals surface area contributed by atoms with Crippen molar-refractivity contribution in [2.45, 2.75) is 23.9 Å². The van der Waals surface area contributed by atoms with Gasteiger partial charge in [-0.25, -0.2) is 9.37 Å². The Morgan fingerprint density at radius 3 is 2.81 bits per heavy atom. The number of aromatic nitrogens is 1. The Balaban J connectivity index is 1.56. The summed E-state index contributed by atoms with van der Waals surface area (Å²) in [4.78, 5) is 16.5. The average Bonchev–Trinajstić information content (AvgIpc) is 3.09. The van der Waals surface area contributed by atoms with Gasteiger partial charge in [-0.05, 0) is 36.8 Å². The molecule has 1 heterocycles. The molecule has 1 amide bonds. The summed E-state index contributed by atoms with van der Waals surface area (Å²) in [5.41, 5.74) is 1.75. The Morgan fingerprint density at radius 1 is 1.31 bits per heavy atom. The molecule has 26 heavy (non-hydrogen) atoms. The molecule has 134 valence electrons. The van der Waals surface area contributed by atoms with Gasteiger partial charge in [0, 0.05) is 16.6 Å². The number of oxazole rings is 1. The van der Waals surface area contributed by atoms with E-state index >= 15 is 0 Å². The summed E-state index contributed by atoms with van der Waals surface area (Å²) in [7, 11) is 0. The molecule has 1 aromatic heterocycles. The minimum atomic E-state index is -0.371. The molecule has 2 aromatic carbocycles. The number of carbonyl (C=O) groups excluding carboxylic acids is 1. The maximum Gasteiger partial charge on any atom is 0.256 e. The molecule has 0 bridgehead atoms. The van der Waals surface area contributed by atoms with Crippen molar-refractivity contribution in [1.29, 1.82) is 0 Å². The number of hydrogen-bond donors (Lipinski definition) is 1. The molecule has 3 rings (SSSR count). The number of benzene rings is 2. The van der Waals surface area contributed by atoms with Gasteiger partial charge in [0.2, 0.25) is 5.91 Å². The summed E-state index contributed by atoms with van der Waals surface area (Å²) in [5.74, 6) is 0.211. The van der Waals surface area contributed by atoms with Crippen LogP contribution in [0.3, 0.4) is 0 Å². The quantitative estimate of drug-likeness (QED) is 0.552. The zero-order chi connectivity index (χ0) is 18.5. The van der Waals surface area contributed by atoms with Crippen LogP contribution < -0.4 is 5.32 Å². The Hall–Kier alpha value is -2.12. The number of hydrogen-bond acceptors (Lipinski definition) is 4. The van der Waals surface area contributed by atoms with Gasteiger partial charge in [-0.1, -0.05) is 52.0 Å². The van der Waals surface area contributed by atoms with Gasteiger partial charge in [-0.2, -0.15) is 0 Å². The second-order valence-electron chi connectivity index (χ2n) is 5.61. The van der Waals surface area contributed by atoms with Gasteiger partial charge in [0.15, 0.2) is 5.76 Å². The maximum atomic E-state index is 12.9. The molecule has 0 radical (unpaired) electrons. The molecule has 0 unspecified atom stereocenters. The van der Waals surface area contributed by atoms with Crippen molar-refractivity contribution < 1.29 is 13.6 Å². The lowest BCUT2D eigenvalue weighted by molar-refractivity contribution is -0.120. The van der Waals surface area contributed by atoms with Gasteiger partial charge in [-0.3, -0.25) is 4.79 Å². The van der Waals surface area contributed by atoms with Crippen LogP contribution in [0.5, 0.6) is 0 Å². The van der Waals surface area contributed by atoms with Gasteiger partial charge in [0.05, 0.1) is 11.4 Å². The predicted octanol–water partition coefficient (Wildman–Crippen LogP) is 5.04. The molecule has 7 heteroatoms. The lowest BCUT2D eigenvalue weighted by atomic mass is 10.2.